The molecule has 0 bridgehead atoms. The number of carbonyl (C=O) groups excluding carboxylic acids is 1. The van der Waals surface area contributed by atoms with Crippen molar-refractivity contribution in [2.45, 2.75) is 52.7 Å². The summed E-state index contributed by atoms with van der Waals surface area (Å²) in [5, 5.41) is 1.07. The van der Waals surface area contributed by atoms with Gasteiger partial charge in [-0.05, 0) is 58.4 Å². The monoisotopic (exact) mass is 403 g/mol. The molecule has 28 heavy (non-hydrogen) atoms. The van der Waals surface area contributed by atoms with Crippen molar-refractivity contribution >= 4 is 25.7 Å². The summed E-state index contributed by atoms with van der Waals surface area (Å²) >= 11 is 0. The van der Waals surface area contributed by atoms with Crippen molar-refractivity contribution in [3.05, 3.63) is 47.4 Å². The molecule has 2 aromatic rings. The normalized spacial score (nSPS) is 12.8. The van der Waals surface area contributed by atoms with E-state index in [1.165, 1.54) is 0 Å². The summed E-state index contributed by atoms with van der Waals surface area (Å²) in [5.41, 5.74) is 1.81. The van der Waals surface area contributed by atoms with Crippen LogP contribution in [0.5, 0.6) is 0 Å². The van der Waals surface area contributed by atoms with E-state index in [2.05, 4.69) is 41.8 Å². The van der Waals surface area contributed by atoms with Gasteiger partial charge in [-0.1, -0.05) is 0 Å². The Morgan fingerprint density at radius 3 is 2.54 bits per heavy atom. The molecule has 0 amide bonds. The second kappa shape index (κ2) is 11.3. The number of nitrogens with zero attached hydrogens (tertiary/aromatic N) is 3. The van der Waals surface area contributed by atoms with E-state index in [-0.39, 0.29) is 0 Å². The van der Waals surface area contributed by atoms with Crippen LogP contribution in [0.3, 0.4) is 0 Å². The second-order valence-corrected chi connectivity index (χ2v) is 8.61. The predicted molar refractivity (Wildman–Crippen MR) is 114 cm³/mol. The first-order chi connectivity index (χ1) is 13.5. The van der Waals surface area contributed by atoms with E-state index in [0.29, 0.717) is 37.4 Å². The van der Waals surface area contributed by atoms with Crippen LogP contribution in [0.4, 0.5) is 0 Å². The van der Waals surface area contributed by atoms with Crippen LogP contribution in [0.25, 0.3) is 15.7 Å². The van der Waals surface area contributed by atoms with Crippen molar-refractivity contribution in [2.75, 3.05) is 19.8 Å². The van der Waals surface area contributed by atoms with Crippen molar-refractivity contribution in [1.29, 1.82) is 0 Å². The Morgan fingerprint density at radius 2 is 1.89 bits per heavy atom. The summed E-state index contributed by atoms with van der Waals surface area (Å²) in [6, 6.07) is 8.38. The van der Waals surface area contributed by atoms with Crippen LogP contribution >= 0.6 is 8.53 Å². The van der Waals surface area contributed by atoms with Gasteiger partial charge in [-0.25, -0.2) is 11.2 Å². The first kappa shape index (κ1) is 22.5. The molecule has 2 rings (SSSR count). The molecule has 0 spiro atoms. The molecular formula is C21H30N3O3P. The number of aryl methyl sites for hydroxylation is 1. The number of hydrogen-bond donors (Lipinski definition) is 0. The summed E-state index contributed by atoms with van der Waals surface area (Å²) in [7, 11) is -1.18. The number of carbonyl (C=O) groups is 1. The molecule has 1 aromatic carbocycles. The Bertz CT molecular complexity index is 790. The van der Waals surface area contributed by atoms with Crippen LogP contribution in [0.15, 0.2) is 30.5 Å². The lowest BCUT2D eigenvalue weighted by molar-refractivity contribution is 0.112. The number of fused-ring (bicyclic) bond motifs is 1. The van der Waals surface area contributed by atoms with E-state index in [9.17, 15) is 4.79 Å². The number of hydrogen-bond acceptors (Lipinski definition) is 4. The van der Waals surface area contributed by atoms with Gasteiger partial charge in [0.15, 0.2) is 0 Å². The van der Waals surface area contributed by atoms with Crippen LogP contribution in [0.1, 0.15) is 44.5 Å². The minimum atomic E-state index is -1.18. The lowest BCUT2D eigenvalue weighted by Crippen LogP contribution is -2.33. The third kappa shape index (κ3) is 6.12. The van der Waals surface area contributed by atoms with Gasteiger partial charge >= 0.3 is 0 Å². The fourth-order valence-corrected chi connectivity index (χ4v) is 4.79. The van der Waals surface area contributed by atoms with E-state index < -0.39 is 8.53 Å². The fraction of sp³-hybridized carbons (Fsp3) is 0.524. The van der Waals surface area contributed by atoms with Crippen LogP contribution in [0.2, 0.25) is 0 Å². The molecule has 1 heterocycles. The molecule has 0 aliphatic rings. The zero-order valence-corrected chi connectivity index (χ0v) is 18.1. The summed E-state index contributed by atoms with van der Waals surface area (Å²) in [4.78, 5) is 14.3. The Hall–Kier alpha value is -1.77. The van der Waals surface area contributed by atoms with Crippen molar-refractivity contribution < 1.29 is 13.8 Å². The molecule has 0 fully saturated rings. The van der Waals surface area contributed by atoms with E-state index in [0.717, 1.165) is 30.2 Å². The van der Waals surface area contributed by atoms with E-state index in [4.69, 9.17) is 15.6 Å². The number of aldehydes is 1. The Labute approximate surface area is 169 Å². The quantitative estimate of drug-likeness (QED) is 0.213. The van der Waals surface area contributed by atoms with E-state index in [1.54, 1.807) is 0 Å². The maximum absolute atomic E-state index is 10.9. The van der Waals surface area contributed by atoms with Crippen LogP contribution < -0.4 is 0 Å². The number of benzene rings is 1. The first-order valence-corrected chi connectivity index (χ1v) is 10.8. The Morgan fingerprint density at radius 1 is 1.18 bits per heavy atom. The SMILES string of the molecule is [C-]#[N+]CCOP(OCCCn1ccc2cc(C=O)ccc21)N(C(C)C)C(C)C. The smallest absolute Gasteiger partial charge is 0.259 e. The molecule has 6 nitrogen and oxygen atoms in total. The molecule has 1 atom stereocenters. The lowest BCUT2D eigenvalue weighted by Gasteiger charge is -2.35. The predicted octanol–water partition coefficient (Wildman–Crippen LogP) is 5.14. The van der Waals surface area contributed by atoms with Crippen LogP contribution in [-0.4, -0.2) is 47.4 Å². The standard InChI is InChI=1S/C21H30N3O3P/c1-17(2)24(18(3)4)28(27-14-10-22-5)26-13-6-11-23-12-9-20-15-19(16-25)7-8-21(20)23/h7-9,12,15-18H,6,10-11,13-14H2,1-4H3. The summed E-state index contributed by atoms with van der Waals surface area (Å²) in [5.74, 6) is 0. The molecule has 0 saturated heterocycles. The maximum Gasteiger partial charge on any atom is 0.259 e. The second-order valence-electron chi connectivity index (χ2n) is 7.15. The van der Waals surface area contributed by atoms with Gasteiger partial charge < -0.3 is 18.5 Å². The van der Waals surface area contributed by atoms with Gasteiger partial charge in [-0.3, -0.25) is 4.79 Å². The van der Waals surface area contributed by atoms with Gasteiger partial charge in [0.25, 0.3) is 8.53 Å². The average Bonchev–Trinajstić information content (AvgIpc) is 3.06. The van der Waals surface area contributed by atoms with Gasteiger partial charge in [0.2, 0.25) is 6.54 Å². The molecule has 7 heteroatoms. The maximum atomic E-state index is 10.9. The van der Waals surface area contributed by atoms with E-state index >= 15 is 0 Å². The molecule has 0 saturated carbocycles. The van der Waals surface area contributed by atoms with Crippen molar-refractivity contribution in [3.63, 3.8) is 0 Å². The minimum absolute atomic E-state index is 0.305. The lowest BCUT2D eigenvalue weighted by atomic mass is 10.2. The molecule has 0 aliphatic carbocycles. The largest absolute Gasteiger partial charge is 0.347 e. The summed E-state index contributed by atoms with van der Waals surface area (Å²) in [6.07, 6.45) is 3.77. The van der Waals surface area contributed by atoms with Crippen molar-refractivity contribution in [3.8, 4) is 0 Å². The molecule has 152 valence electrons. The highest BCUT2D eigenvalue weighted by atomic mass is 31.2. The topological polar surface area (TPSA) is 48.1 Å². The van der Waals surface area contributed by atoms with Crippen molar-refractivity contribution in [1.82, 2.24) is 9.24 Å². The minimum Gasteiger partial charge on any atom is -0.347 e. The van der Waals surface area contributed by atoms with E-state index in [1.807, 2.05) is 30.5 Å². The van der Waals surface area contributed by atoms with Gasteiger partial charge in [0.1, 0.15) is 12.9 Å². The Kier molecular flexibility index (Phi) is 9.08. The van der Waals surface area contributed by atoms with Gasteiger partial charge in [-0.2, -0.15) is 0 Å². The number of rotatable bonds is 12. The number of aromatic nitrogens is 1. The molecular weight excluding hydrogens is 373 g/mol. The van der Waals surface area contributed by atoms with Crippen molar-refractivity contribution in [2.24, 2.45) is 0 Å². The van der Waals surface area contributed by atoms with Gasteiger partial charge in [0.05, 0.1) is 6.61 Å². The third-order valence-corrected chi connectivity index (χ3v) is 6.44. The Balaban J connectivity index is 1.94. The highest BCUT2D eigenvalue weighted by molar-refractivity contribution is 7.44. The molecule has 1 unspecified atom stereocenters. The fourth-order valence-electron chi connectivity index (χ4n) is 3.17. The zero-order valence-electron chi connectivity index (χ0n) is 17.2. The molecule has 0 radical (unpaired) electrons. The summed E-state index contributed by atoms with van der Waals surface area (Å²) in [6.45, 7) is 17.6. The average molecular weight is 403 g/mol. The molecule has 1 aromatic heterocycles. The molecule has 0 N–H and O–H groups in total. The highest BCUT2D eigenvalue weighted by Gasteiger charge is 2.27. The van der Waals surface area contributed by atoms with Crippen LogP contribution in [0, 0.1) is 6.57 Å². The first-order valence-electron chi connectivity index (χ1n) is 9.69. The van der Waals surface area contributed by atoms with Crippen LogP contribution in [-0.2, 0) is 15.6 Å². The highest BCUT2D eigenvalue weighted by Crippen LogP contribution is 2.45. The molecule has 0 aliphatic heterocycles. The summed E-state index contributed by atoms with van der Waals surface area (Å²) < 4.78 is 16.5. The third-order valence-electron chi connectivity index (χ3n) is 4.33. The zero-order chi connectivity index (χ0) is 20.5. The van der Waals surface area contributed by atoms with Gasteiger partial charge in [-0.15, -0.1) is 0 Å². The van der Waals surface area contributed by atoms with Gasteiger partial charge in [0, 0.05) is 41.3 Å².